The summed E-state index contributed by atoms with van der Waals surface area (Å²) in [5, 5.41) is 1.70. The molecule has 1 aliphatic heterocycles. The summed E-state index contributed by atoms with van der Waals surface area (Å²) in [4.78, 5) is 14.6. The lowest BCUT2D eigenvalue weighted by molar-refractivity contribution is -0.118. The number of benzene rings is 2. The van der Waals surface area contributed by atoms with E-state index in [2.05, 4.69) is 0 Å². The van der Waals surface area contributed by atoms with Gasteiger partial charge in [0.2, 0.25) is 5.91 Å². The van der Waals surface area contributed by atoms with Crippen LogP contribution in [0.1, 0.15) is 11.1 Å². The van der Waals surface area contributed by atoms with E-state index in [4.69, 9.17) is 16.3 Å². The molecule has 2 aromatic rings. The minimum Gasteiger partial charge on any atom is -0.497 e. The molecule has 1 atom stereocenters. The fraction of sp³-hybridized carbons (Fsp3) is 0.250. The fourth-order valence-corrected chi connectivity index (χ4v) is 4.42. The number of amides is 1. The minimum atomic E-state index is -3.31. The molecular formula is C20H20ClNO4S. The average molecular weight is 406 g/mol. The molecule has 0 unspecified atom stereocenters. The molecule has 1 aliphatic rings. The highest BCUT2D eigenvalue weighted by atomic mass is 35.5. The number of methoxy groups -OCH3 is 1. The smallest absolute Gasteiger partial charge is 0.231 e. The van der Waals surface area contributed by atoms with Crippen molar-refractivity contribution in [2.75, 3.05) is 17.8 Å². The zero-order valence-electron chi connectivity index (χ0n) is 15.1. The normalized spacial score (nSPS) is 17.7. The molecule has 142 valence electrons. The quantitative estimate of drug-likeness (QED) is 0.763. The first-order valence-electron chi connectivity index (χ1n) is 8.41. The van der Waals surface area contributed by atoms with Crippen LogP contribution in [0.4, 0.5) is 5.69 Å². The predicted octanol–water partition coefficient (Wildman–Crippen LogP) is 3.54. The third-order valence-electron chi connectivity index (χ3n) is 4.46. The van der Waals surface area contributed by atoms with Crippen LogP contribution in [0.3, 0.4) is 0 Å². The summed E-state index contributed by atoms with van der Waals surface area (Å²) in [6, 6.07) is 12.0. The Morgan fingerprint density at radius 2 is 1.93 bits per heavy atom. The van der Waals surface area contributed by atoms with Crippen LogP contribution in [0.2, 0.25) is 5.02 Å². The maximum atomic E-state index is 13.1. The summed E-state index contributed by atoms with van der Waals surface area (Å²) in [7, 11) is -1.73. The molecule has 0 radical (unpaired) electrons. The number of nitrogens with zero attached hydrogens (tertiary/aromatic N) is 1. The van der Waals surface area contributed by atoms with Crippen LogP contribution in [-0.4, -0.2) is 33.2 Å². The van der Waals surface area contributed by atoms with E-state index in [0.29, 0.717) is 16.5 Å². The Kier molecular flexibility index (Phi) is 5.58. The van der Waals surface area contributed by atoms with E-state index in [1.807, 2.05) is 25.1 Å². The van der Waals surface area contributed by atoms with Crippen molar-refractivity contribution in [1.29, 1.82) is 0 Å². The Morgan fingerprint density at radius 1 is 1.22 bits per heavy atom. The third kappa shape index (κ3) is 4.51. The summed E-state index contributed by atoms with van der Waals surface area (Å²) >= 11 is 6.23. The lowest BCUT2D eigenvalue weighted by Gasteiger charge is -2.28. The number of anilines is 1. The van der Waals surface area contributed by atoms with Gasteiger partial charge in [-0.25, -0.2) is 8.42 Å². The zero-order chi connectivity index (χ0) is 19.6. The van der Waals surface area contributed by atoms with E-state index in [-0.39, 0.29) is 18.1 Å². The Hall–Kier alpha value is -2.31. The van der Waals surface area contributed by atoms with Crippen molar-refractivity contribution in [2.24, 2.45) is 0 Å². The highest BCUT2D eigenvalue weighted by molar-refractivity contribution is 7.94. The van der Waals surface area contributed by atoms with Gasteiger partial charge in [0.25, 0.3) is 0 Å². The van der Waals surface area contributed by atoms with Crippen molar-refractivity contribution in [3.8, 4) is 5.75 Å². The van der Waals surface area contributed by atoms with E-state index < -0.39 is 15.9 Å². The number of carbonyl (C=O) groups is 1. The van der Waals surface area contributed by atoms with Crippen LogP contribution >= 0.6 is 11.6 Å². The molecule has 0 aromatic heterocycles. The third-order valence-corrected chi connectivity index (χ3v) is 6.24. The lowest BCUT2D eigenvalue weighted by Crippen LogP contribution is -2.42. The van der Waals surface area contributed by atoms with Crippen LogP contribution in [0.25, 0.3) is 0 Å². The highest BCUT2D eigenvalue weighted by Gasteiger charge is 2.31. The molecule has 1 heterocycles. The molecule has 0 spiro atoms. The van der Waals surface area contributed by atoms with Gasteiger partial charge in [0, 0.05) is 16.1 Å². The largest absolute Gasteiger partial charge is 0.497 e. The molecule has 0 fully saturated rings. The van der Waals surface area contributed by atoms with Gasteiger partial charge >= 0.3 is 0 Å². The summed E-state index contributed by atoms with van der Waals surface area (Å²) in [5.74, 6) is 0.373. The van der Waals surface area contributed by atoms with Crippen LogP contribution in [0.15, 0.2) is 53.9 Å². The van der Waals surface area contributed by atoms with E-state index in [9.17, 15) is 13.2 Å². The fourth-order valence-electron chi connectivity index (χ4n) is 2.98. The summed E-state index contributed by atoms with van der Waals surface area (Å²) < 4.78 is 28.9. The number of carbonyl (C=O) groups excluding carboxylic acids is 1. The number of sulfone groups is 1. The molecule has 27 heavy (non-hydrogen) atoms. The van der Waals surface area contributed by atoms with Crippen molar-refractivity contribution in [3.63, 3.8) is 0 Å². The average Bonchev–Trinajstić information content (AvgIpc) is 2.98. The van der Waals surface area contributed by atoms with E-state index in [1.54, 1.807) is 37.5 Å². The van der Waals surface area contributed by atoms with Crippen LogP contribution in [0.5, 0.6) is 5.75 Å². The Morgan fingerprint density at radius 3 is 2.48 bits per heavy atom. The first-order valence-corrected chi connectivity index (χ1v) is 10.5. The molecule has 3 rings (SSSR count). The Bertz CT molecular complexity index is 984. The van der Waals surface area contributed by atoms with E-state index in [1.165, 1.54) is 10.3 Å². The molecule has 7 heteroatoms. The second-order valence-corrected chi connectivity index (χ2v) is 8.79. The molecule has 0 saturated heterocycles. The van der Waals surface area contributed by atoms with Gasteiger partial charge in [-0.15, -0.1) is 0 Å². The van der Waals surface area contributed by atoms with Gasteiger partial charge in [-0.2, -0.15) is 0 Å². The second-order valence-electron chi connectivity index (χ2n) is 6.45. The summed E-state index contributed by atoms with van der Waals surface area (Å²) in [6.07, 6.45) is 1.69. The standard InChI is InChI=1S/C20H20ClNO4S/c1-14-3-6-16(12-19(14)21)22(17-9-10-27(24,25)13-17)20(23)11-15-4-7-18(26-2)8-5-15/h3-10,12,17H,11,13H2,1-2H3/t17-/m1/s1. The maximum absolute atomic E-state index is 13.1. The van der Waals surface area contributed by atoms with Crippen LogP contribution in [0, 0.1) is 6.92 Å². The lowest BCUT2D eigenvalue weighted by atomic mass is 10.1. The monoisotopic (exact) mass is 405 g/mol. The van der Waals surface area contributed by atoms with Crippen molar-refractivity contribution in [1.82, 2.24) is 0 Å². The number of halogens is 1. The predicted molar refractivity (Wildman–Crippen MR) is 107 cm³/mol. The molecule has 0 aliphatic carbocycles. The molecule has 2 aromatic carbocycles. The van der Waals surface area contributed by atoms with Gasteiger partial charge in [0.1, 0.15) is 5.75 Å². The summed E-state index contributed by atoms with van der Waals surface area (Å²) in [5.41, 5.74) is 2.28. The van der Waals surface area contributed by atoms with Crippen LogP contribution in [-0.2, 0) is 21.1 Å². The number of hydrogen-bond donors (Lipinski definition) is 0. The van der Waals surface area contributed by atoms with Crippen molar-refractivity contribution in [2.45, 2.75) is 19.4 Å². The Labute approximate surface area is 164 Å². The van der Waals surface area contributed by atoms with Gasteiger partial charge in [-0.3, -0.25) is 4.79 Å². The number of ether oxygens (including phenoxy) is 1. The van der Waals surface area contributed by atoms with Gasteiger partial charge in [-0.1, -0.05) is 29.8 Å². The SMILES string of the molecule is COc1ccc(CC(=O)N(c2ccc(C)c(Cl)c2)[C@@H]2C=CS(=O)(=O)C2)cc1. The first kappa shape index (κ1) is 19.5. The highest BCUT2D eigenvalue weighted by Crippen LogP contribution is 2.28. The van der Waals surface area contributed by atoms with Crippen molar-refractivity contribution in [3.05, 3.63) is 70.1 Å². The molecule has 0 N–H and O–H groups in total. The molecule has 5 nitrogen and oxygen atoms in total. The van der Waals surface area contributed by atoms with Crippen molar-refractivity contribution >= 4 is 33.0 Å². The van der Waals surface area contributed by atoms with E-state index in [0.717, 1.165) is 11.1 Å². The maximum Gasteiger partial charge on any atom is 0.231 e. The molecule has 0 bridgehead atoms. The van der Waals surface area contributed by atoms with Crippen molar-refractivity contribution < 1.29 is 17.9 Å². The molecule has 0 saturated carbocycles. The zero-order valence-corrected chi connectivity index (χ0v) is 16.6. The second kappa shape index (κ2) is 7.74. The van der Waals surface area contributed by atoms with Gasteiger partial charge in [0.15, 0.2) is 9.84 Å². The van der Waals surface area contributed by atoms with Gasteiger partial charge < -0.3 is 9.64 Å². The number of rotatable bonds is 5. The first-order chi connectivity index (χ1) is 12.8. The van der Waals surface area contributed by atoms with Crippen LogP contribution < -0.4 is 9.64 Å². The van der Waals surface area contributed by atoms with Gasteiger partial charge in [-0.05, 0) is 48.4 Å². The Balaban J connectivity index is 1.91. The van der Waals surface area contributed by atoms with E-state index >= 15 is 0 Å². The number of hydrogen-bond acceptors (Lipinski definition) is 4. The molecular weight excluding hydrogens is 386 g/mol. The molecule has 1 amide bonds. The minimum absolute atomic E-state index is 0.132. The summed E-state index contributed by atoms with van der Waals surface area (Å²) in [6.45, 7) is 1.87. The van der Waals surface area contributed by atoms with Gasteiger partial charge in [0.05, 0.1) is 25.3 Å². The topological polar surface area (TPSA) is 63.7 Å². The number of aryl methyl sites for hydroxylation is 1.